The SMILES string of the molecule is CCCn1ncnc1COC(=O)c1cc(F)c(F)cc1N. The summed E-state index contributed by atoms with van der Waals surface area (Å²) >= 11 is 0. The van der Waals surface area contributed by atoms with E-state index >= 15 is 0 Å². The number of esters is 1. The molecule has 1 aromatic carbocycles. The van der Waals surface area contributed by atoms with Gasteiger partial charge in [-0.05, 0) is 12.5 Å². The van der Waals surface area contributed by atoms with E-state index in [4.69, 9.17) is 10.5 Å². The molecule has 0 fully saturated rings. The van der Waals surface area contributed by atoms with Gasteiger partial charge in [-0.15, -0.1) is 0 Å². The van der Waals surface area contributed by atoms with Gasteiger partial charge in [0.15, 0.2) is 24.1 Å². The quantitative estimate of drug-likeness (QED) is 0.673. The van der Waals surface area contributed by atoms with Crippen LogP contribution in [0.15, 0.2) is 18.5 Å². The third-order valence-electron chi connectivity index (χ3n) is 2.78. The molecule has 2 rings (SSSR count). The number of halogens is 2. The summed E-state index contributed by atoms with van der Waals surface area (Å²) in [5, 5.41) is 3.98. The van der Waals surface area contributed by atoms with Crippen LogP contribution >= 0.6 is 0 Å². The summed E-state index contributed by atoms with van der Waals surface area (Å²) in [5.74, 6) is -2.67. The van der Waals surface area contributed by atoms with E-state index in [-0.39, 0.29) is 17.9 Å². The van der Waals surface area contributed by atoms with Gasteiger partial charge in [0.1, 0.15) is 6.33 Å². The summed E-state index contributed by atoms with van der Waals surface area (Å²) in [6.07, 6.45) is 2.20. The summed E-state index contributed by atoms with van der Waals surface area (Å²) < 4.78 is 32.7. The Morgan fingerprint density at radius 2 is 2.10 bits per heavy atom. The van der Waals surface area contributed by atoms with E-state index in [1.165, 1.54) is 6.33 Å². The highest BCUT2D eigenvalue weighted by Gasteiger charge is 2.16. The molecule has 0 radical (unpaired) electrons. The average molecular weight is 296 g/mol. The first-order chi connectivity index (χ1) is 10.0. The van der Waals surface area contributed by atoms with Crippen molar-refractivity contribution in [2.75, 3.05) is 5.73 Å². The molecule has 0 atom stereocenters. The molecule has 0 saturated heterocycles. The van der Waals surface area contributed by atoms with Crippen LogP contribution in [0.1, 0.15) is 29.5 Å². The lowest BCUT2D eigenvalue weighted by atomic mass is 10.1. The largest absolute Gasteiger partial charge is 0.454 e. The smallest absolute Gasteiger partial charge is 0.340 e. The number of ether oxygens (including phenoxy) is 1. The molecular formula is C13H14F2N4O2. The number of carbonyl (C=O) groups excluding carboxylic acids is 1. The second kappa shape index (κ2) is 6.29. The van der Waals surface area contributed by atoms with E-state index in [0.29, 0.717) is 18.4 Å². The van der Waals surface area contributed by atoms with Gasteiger partial charge in [-0.25, -0.2) is 23.2 Å². The van der Waals surface area contributed by atoms with Crippen LogP contribution in [0, 0.1) is 11.6 Å². The first-order valence-electron chi connectivity index (χ1n) is 6.31. The molecule has 0 aliphatic heterocycles. The fourth-order valence-electron chi connectivity index (χ4n) is 1.75. The van der Waals surface area contributed by atoms with Gasteiger partial charge in [0.05, 0.1) is 5.56 Å². The van der Waals surface area contributed by atoms with Gasteiger partial charge in [-0.1, -0.05) is 6.92 Å². The normalized spacial score (nSPS) is 10.6. The number of anilines is 1. The third kappa shape index (κ3) is 3.33. The minimum atomic E-state index is -1.16. The summed E-state index contributed by atoms with van der Waals surface area (Å²) in [5.41, 5.74) is 5.06. The summed E-state index contributed by atoms with van der Waals surface area (Å²) in [4.78, 5) is 15.8. The van der Waals surface area contributed by atoms with Crippen molar-refractivity contribution in [3.8, 4) is 0 Å². The zero-order chi connectivity index (χ0) is 15.4. The van der Waals surface area contributed by atoms with E-state index in [9.17, 15) is 13.6 Å². The Labute approximate surface area is 119 Å². The molecule has 0 aliphatic carbocycles. The van der Waals surface area contributed by atoms with Gasteiger partial charge in [-0.3, -0.25) is 0 Å². The van der Waals surface area contributed by atoms with Crippen molar-refractivity contribution in [3.63, 3.8) is 0 Å². The molecule has 2 N–H and O–H groups in total. The number of nitrogens with two attached hydrogens (primary N) is 1. The Kier molecular flexibility index (Phi) is 4.46. The summed E-state index contributed by atoms with van der Waals surface area (Å²) in [6, 6.07) is 1.45. The molecule has 0 saturated carbocycles. The van der Waals surface area contributed by atoms with Crippen molar-refractivity contribution >= 4 is 11.7 Å². The minimum absolute atomic E-state index is 0.128. The maximum atomic E-state index is 13.1. The Bertz CT molecular complexity index is 658. The molecule has 0 unspecified atom stereocenters. The van der Waals surface area contributed by atoms with Crippen LogP contribution in [-0.4, -0.2) is 20.7 Å². The highest BCUT2D eigenvalue weighted by Crippen LogP contribution is 2.18. The van der Waals surface area contributed by atoms with Crippen molar-refractivity contribution < 1.29 is 18.3 Å². The number of carbonyl (C=O) groups is 1. The maximum absolute atomic E-state index is 13.1. The Morgan fingerprint density at radius 3 is 2.81 bits per heavy atom. The first-order valence-corrected chi connectivity index (χ1v) is 6.31. The highest BCUT2D eigenvalue weighted by atomic mass is 19.2. The molecule has 0 amide bonds. The van der Waals surface area contributed by atoms with Crippen LogP contribution in [0.25, 0.3) is 0 Å². The van der Waals surface area contributed by atoms with E-state index in [2.05, 4.69) is 10.1 Å². The zero-order valence-electron chi connectivity index (χ0n) is 11.3. The number of hydrogen-bond donors (Lipinski definition) is 1. The molecule has 0 bridgehead atoms. The molecule has 2 aromatic rings. The Morgan fingerprint density at radius 1 is 1.38 bits per heavy atom. The molecule has 0 spiro atoms. The highest BCUT2D eigenvalue weighted by molar-refractivity contribution is 5.95. The number of hydrogen-bond acceptors (Lipinski definition) is 5. The molecule has 0 aliphatic rings. The number of aromatic nitrogens is 3. The molecule has 1 aromatic heterocycles. The standard InChI is InChI=1S/C13H14F2N4O2/c1-2-3-19-12(17-7-18-19)6-21-13(20)8-4-9(14)10(15)5-11(8)16/h4-5,7H,2-3,6,16H2,1H3. The number of benzene rings is 1. The van der Waals surface area contributed by atoms with Crippen LogP contribution in [0.4, 0.5) is 14.5 Å². The zero-order valence-corrected chi connectivity index (χ0v) is 11.3. The molecule has 21 heavy (non-hydrogen) atoms. The topological polar surface area (TPSA) is 83.0 Å². The molecule has 112 valence electrons. The van der Waals surface area contributed by atoms with Gasteiger partial charge < -0.3 is 10.5 Å². The van der Waals surface area contributed by atoms with Crippen molar-refractivity contribution in [1.29, 1.82) is 0 Å². The van der Waals surface area contributed by atoms with E-state index in [1.807, 2.05) is 6.92 Å². The van der Waals surface area contributed by atoms with Crippen LogP contribution in [-0.2, 0) is 17.9 Å². The van der Waals surface area contributed by atoms with Crippen molar-refractivity contribution in [2.45, 2.75) is 26.5 Å². The van der Waals surface area contributed by atoms with Crippen LogP contribution in [0.2, 0.25) is 0 Å². The van der Waals surface area contributed by atoms with Crippen molar-refractivity contribution in [2.24, 2.45) is 0 Å². The molecule has 1 heterocycles. The predicted molar refractivity (Wildman–Crippen MR) is 70.2 cm³/mol. The summed E-state index contributed by atoms with van der Waals surface area (Å²) in [6.45, 7) is 2.48. The third-order valence-corrected chi connectivity index (χ3v) is 2.78. The molecular weight excluding hydrogens is 282 g/mol. The van der Waals surface area contributed by atoms with E-state index in [1.54, 1.807) is 4.68 Å². The number of nitrogen functional groups attached to an aromatic ring is 1. The molecule has 8 heteroatoms. The van der Waals surface area contributed by atoms with Gasteiger partial charge in [0.2, 0.25) is 0 Å². The van der Waals surface area contributed by atoms with Gasteiger partial charge in [-0.2, -0.15) is 5.10 Å². The fraction of sp³-hybridized carbons (Fsp3) is 0.308. The average Bonchev–Trinajstić information content (AvgIpc) is 2.88. The second-order valence-corrected chi connectivity index (χ2v) is 4.33. The maximum Gasteiger partial charge on any atom is 0.340 e. The number of nitrogens with zero attached hydrogens (tertiary/aromatic N) is 3. The van der Waals surface area contributed by atoms with E-state index < -0.39 is 17.6 Å². The van der Waals surface area contributed by atoms with Crippen LogP contribution in [0.3, 0.4) is 0 Å². The number of aryl methyl sites for hydroxylation is 1. The lowest BCUT2D eigenvalue weighted by Crippen LogP contribution is -2.13. The number of rotatable bonds is 5. The summed E-state index contributed by atoms with van der Waals surface area (Å²) in [7, 11) is 0. The Balaban J connectivity index is 2.08. The van der Waals surface area contributed by atoms with E-state index in [0.717, 1.165) is 12.5 Å². The lowest BCUT2D eigenvalue weighted by Gasteiger charge is -2.08. The van der Waals surface area contributed by atoms with Crippen LogP contribution < -0.4 is 5.73 Å². The minimum Gasteiger partial charge on any atom is -0.454 e. The first kappa shape index (κ1) is 14.9. The van der Waals surface area contributed by atoms with Crippen LogP contribution in [0.5, 0.6) is 0 Å². The van der Waals surface area contributed by atoms with Gasteiger partial charge in [0, 0.05) is 18.3 Å². The van der Waals surface area contributed by atoms with Crippen molar-refractivity contribution in [3.05, 3.63) is 41.5 Å². The second-order valence-electron chi connectivity index (χ2n) is 4.33. The van der Waals surface area contributed by atoms with Crippen molar-refractivity contribution in [1.82, 2.24) is 14.8 Å². The monoisotopic (exact) mass is 296 g/mol. The molecule has 6 nitrogen and oxygen atoms in total. The van der Waals surface area contributed by atoms with Gasteiger partial charge in [0.25, 0.3) is 0 Å². The van der Waals surface area contributed by atoms with Gasteiger partial charge >= 0.3 is 5.97 Å². The Hall–Kier alpha value is -2.51. The fourth-order valence-corrected chi connectivity index (χ4v) is 1.75. The lowest BCUT2D eigenvalue weighted by molar-refractivity contribution is 0.0457. The predicted octanol–water partition coefficient (Wildman–Crippen LogP) is 1.91.